The van der Waals surface area contributed by atoms with Gasteiger partial charge in [0.1, 0.15) is 6.10 Å². The smallest absolute Gasteiger partial charge is 0.550 e. The van der Waals surface area contributed by atoms with Gasteiger partial charge in [-0.1, -0.05) is 162 Å². The van der Waals surface area contributed by atoms with Gasteiger partial charge in [0.2, 0.25) is 0 Å². The van der Waals surface area contributed by atoms with E-state index in [2.05, 4.69) is 18.0 Å². The summed E-state index contributed by atoms with van der Waals surface area (Å²) < 4.78 is 33.0. The maximum absolute atomic E-state index is 10.2. The Morgan fingerprint density at radius 3 is 1.04 bits per heavy atom. The molecule has 0 spiro atoms. The molecule has 0 aromatic carbocycles. The Morgan fingerprint density at radius 2 is 0.837 bits per heavy atom. The van der Waals surface area contributed by atoms with E-state index in [1.54, 1.807) is 0 Å². The molecule has 0 bridgehead atoms. The molecule has 0 saturated heterocycles. The Hall–Kier alpha value is 0.140. The van der Waals surface area contributed by atoms with Crippen LogP contribution in [0.25, 0.3) is 0 Å². The predicted octanol–water partition coefficient (Wildman–Crippen LogP) is 3.42. The first-order chi connectivity index (χ1) is 22.9. The summed E-state index contributed by atoms with van der Waals surface area (Å²) in [5.41, 5.74) is 0. The quantitative estimate of drug-likeness (QED) is 0.0345. The van der Waals surface area contributed by atoms with E-state index in [-0.39, 0.29) is 62.4 Å². The van der Waals surface area contributed by atoms with Gasteiger partial charge in [-0.15, -0.1) is 0 Å². The SMILES string of the molecule is CC(O)CO.CCCCCCCCCCCCCCCCCC(=O)[O-].CCCCCCCCCCCCOS(=O)(=O)O.OCC(O)CO.[Na+]. The van der Waals surface area contributed by atoms with Gasteiger partial charge in [-0.3, -0.25) is 4.55 Å². The van der Waals surface area contributed by atoms with Crippen LogP contribution < -0.4 is 34.7 Å². The monoisotopic (exact) mass is 741 g/mol. The average Bonchev–Trinajstić information content (AvgIpc) is 3.05. The third-order valence-electron chi connectivity index (χ3n) is 7.40. The normalized spacial score (nSPS) is 11.3. The van der Waals surface area contributed by atoms with Crippen LogP contribution in [0, 0.1) is 0 Å². The molecule has 0 aliphatic heterocycles. The van der Waals surface area contributed by atoms with Crippen molar-refractivity contribution in [3.63, 3.8) is 0 Å². The number of rotatable bonds is 31. The summed E-state index contributed by atoms with van der Waals surface area (Å²) in [5, 5.41) is 50.2. The average molecular weight is 741 g/mol. The minimum absolute atomic E-state index is 0. The Morgan fingerprint density at radius 1 is 0.571 bits per heavy atom. The van der Waals surface area contributed by atoms with Gasteiger partial charge in [0, 0.05) is 5.97 Å². The minimum Gasteiger partial charge on any atom is -0.550 e. The first-order valence-corrected chi connectivity index (χ1v) is 20.3. The van der Waals surface area contributed by atoms with Crippen molar-refractivity contribution >= 4 is 16.4 Å². The molecule has 0 aliphatic rings. The fourth-order valence-corrected chi connectivity index (χ4v) is 4.78. The van der Waals surface area contributed by atoms with Crippen LogP contribution in [0.3, 0.4) is 0 Å². The Balaban J connectivity index is -0.000000200. The molecule has 294 valence electrons. The van der Waals surface area contributed by atoms with Crippen molar-refractivity contribution in [2.45, 2.75) is 200 Å². The van der Waals surface area contributed by atoms with E-state index in [1.807, 2.05) is 0 Å². The number of carbonyl (C=O) groups is 1. The van der Waals surface area contributed by atoms with E-state index < -0.39 is 28.6 Å². The van der Waals surface area contributed by atoms with Crippen LogP contribution in [0.1, 0.15) is 188 Å². The van der Waals surface area contributed by atoms with Crippen LogP contribution in [-0.2, 0) is 19.4 Å². The molecule has 0 aromatic heterocycles. The van der Waals surface area contributed by atoms with Gasteiger partial charge in [0.25, 0.3) is 0 Å². The van der Waals surface area contributed by atoms with E-state index in [1.165, 1.54) is 135 Å². The molecular weight excluding hydrogens is 663 g/mol. The number of hydrogen-bond acceptors (Lipinski definition) is 10. The molecular formula is C36H77NaO11S. The maximum atomic E-state index is 10.2. The Kier molecular flexibility index (Phi) is 59.9. The first-order valence-electron chi connectivity index (χ1n) is 18.9. The predicted molar refractivity (Wildman–Crippen MR) is 193 cm³/mol. The number of aliphatic hydroxyl groups is 5. The molecule has 11 nitrogen and oxygen atoms in total. The maximum Gasteiger partial charge on any atom is 1.00 e. The number of unbranched alkanes of at least 4 members (excludes halogenated alkanes) is 23. The van der Waals surface area contributed by atoms with Gasteiger partial charge in [-0.2, -0.15) is 8.42 Å². The molecule has 1 atom stereocenters. The summed E-state index contributed by atoms with van der Waals surface area (Å²) in [4.78, 5) is 10.2. The number of carbonyl (C=O) groups excluding carboxylic acids is 1. The van der Waals surface area contributed by atoms with Gasteiger partial charge < -0.3 is 35.4 Å². The van der Waals surface area contributed by atoms with Crippen LogP contribution in [0.2, 0.25) is 0 Å². The number of hydrogen-bond donors (Lipinski definition) is 6. The molecule has 6 N–H and O–H groups in total. The summed E-state index contributed by atoms with van der Waals surface area (Å²) in [6.07, 6.45) is 30.2. The van der Waals surface area contributed by atoms with Gasteiger partial charge in [0.05, 0.1) is 32.5 Å². The van der Waals surface area contributed by atoms with Crippen molar-refractivity contribution < 1.29 is 82.1 Å². The first kappa shape index (κ1) is 58.4. The number of carboxylic acid groups (broad SMARTS) is 1. The second-order valence-electron chi connectivity index (χ2n) is 12.6. The molecule has 0 heterocycles. The van der Waals surface area contributed by atoms with Crippen molar-refractivity contribution in [2.75, 3.05) is 26.4 Å². The van der Waals surface area contributed by atoms with Crippen LogP contribution in [0.15, 0.2) is 0 Å². The minimum atomic E-state index is -4.23. The number of carboxylic acids is 1. The number of aliphatic hydroxyl groups excluding tert-OH is 5. The van der Waals surface area contributed by atoms with Crippen molar-refractivity contribution in [3.05, 3.63) is 0 Å². The van der Waals surface area contributed by atoms with Gasteiger partial charge in [0.15, 0.2) is 0 Å². The van der Waals surface area contributed by atoms with E-state index in [0.717, 1.165) is 25.7 Å². The van der Waals surface area contributed by atoms with Crippen molar-refractivity contribution in [1.82, 2.24) is 0 Å². The molecule has 1 unspecified atom stereocenters. The molecule has 13 heteroatoms. The third kappa shape index (κ3) is 74.3. The summed E-state index contributed by atoms with van der Waals surface area (Å²) in [5.74, 6) is -0.903. The van der Waals surface area contributed by atoms with Crippen LogP contribution in [0.5, 0.6) is 0 Å². The van der Waals surface area contributed by atoms with Gasteiger partial charge in [-0.25, -0.2) is 4.18 Å². The van der Waals surface area contributed by atoms with E-state index in [9.17, 15) is 18.3 Å². The summed E-state index contributed by atoms with van der Waals surface area (Å²) in [6, 6.07) is 0. The largest absolute Gasteiger partial charge is 1.00 e. The zero-order valence-electron chi connectivity index (χ0n) is 32.0. The van der Waals surface area contributed by atoms with Crippen LogP contribution in [-0.4, -0.2) is 83.1 Å². The Labute approximate surface area is 323 Å². The summed E-state index contributed by atoms with van der Waals surface area (Å²) in [6.45, 7) is 5.24. The molecule has 49 heavy (non-hydrogen) atoms. The zero-order valence-corrected chi connectivity index (χ0v) is 34.8. The van der Waals surface area contributed by atoms with Gasteiger partial charge in [-0.05, 0) is 26.2 Å². The molecule has 0 amide bonds. The molecule has 0 aliphatic carbocycles. The second-order valence-corrected chi connectivity index (χ2v) is 13.6. The Bertz CT molecular complexity index is 694. The topological polar surface area (TPSA) is 205 Å². The molecule has 0 fully saturated rings. The van der Waals surface area contributed by atoms with E-state index >= 15 is 0 Å². The standard InChI is InChI=1S/C18H36O2.C12H26O4S.C3H8O3.C3H8O2.Na/c1-2-3-4-5-6-7-8-9-10-11-12-13-14-15-16-17-18(19)20;1-2-3-4-5-6-7-8-9-10-11-12-16-17(13,14)15;4-1-3(6)2-5;1-3(5)2-4;/h2-17H2,1H3,(H,19,20);2-12H2,1H3,(H,13,14,15);3-6H,1-2H2;3-5H,2H2,1H3;/q;;;;+1/p-1. The third-order valence-corrected chi connectivity index (χ3v) is 7.86. The van der Waals surface area contributed by atoms with Gasteiger partial charge >= 0.3 is 40.0 Å². The van der Waals surface area contributed by atoms with Crippen LogP contribution in [0.4, 0.5) is 0 Å². The van der Waals surface area contributed by atoms with Crippen molar-refractivity contribution in [3.8, 4) is 0 Å². The van der Waals surface area contributed by atoms with Crippen LogP contribution >= 0.6 is 0 Å². The van der Waals surface area contributed by atoms with E-state index in [0.29, 0.717) is 6.42 Å². The number of aliphatic carboxylic acids is 1. The zero-order chi connectivity index (χ0) is 37.2. The summed E-state index contributed by atoms with van der Waals surface area (Å²) >= 11 is 0. The van der Waals surface area contributed by atoms with E-state index in [4.69, 9.17) is 30.1 Å². The van der Waals surface area contributed by atoms with Crippen molar-refractivity contribution in [2.24, 2.45) is 0 Å². The fourth-order valence-electron chi connectivity index (χ4n) is 4.45. The molecule has 0 radical (unpaired) electrons. The molecule has 0 saturated carbocycles. The molecule has 0 rings (SSSR count). The second kappa shape index (κ2) is 50.2. The van der Waals surface area contributed by atoms with Crippen molar-refractivity contribution in [1.29, 1.82) is 0 Å². The molecule has 0 aromatic rings. The fraction of sp³-hybridized carbons (Fsp3) is 0.972. The summed E-state index contributed by atoms with van der Waals surface area (Å²) in [7, 11) is -4.23.